The molecular weight excluding hydrogens is 318 g/mol. The lowest BCUT2D eigenvalue weighted by Gasteiger charge is -2.33. The number of piperidine rings is 1. The van der Waals surface area contributed by atoms with Crippen LogP contribution in [0.15, 0.2) is 28.7 Å². The summed E-state index contributed by atoms with van der Waals surface area (Å²) in [4.78, 5) is 14.3. The van der Waals surface area contributed by atoms with Gasteiger partial charge in [-0.25, -0.2) is 0 Å². The Morgan fingerprint density at radius 1 is 1.60 bits per heavy atom. The molecule has 2 atom stereocenters. The smallest absolute Gasteiger partial charge is 0.245 e. The van der Waals surface area contributed by atoms with Gasteiger partial charge in [0.25, 0.3) is 0 Å². The number of halogens is 1. The average Bonchev–Trinajstić information content (AvgIpc) is 2.44. The number of nitrogens with one attached hydrogen (secondary N) is 1. The van der Waals surface area contributed by atoms with E-state index in [-0.39, 0.29) is 18.5 Å². The van der Waals surface area contributed by atoms with E-state index >= 15 is 0 Å². The highest BCUT2D eigenvalue weighted by atomic mass is 79.9. The minimum atomic E-state index is -0.198. The molecular formula is C15H18BrN3O. The Kier molecular flexibility index (Phi) is 5.16. The highest BCUT2D eigenvalue weighted by Crippen LogP contribution is 2.23. The third-order valence-electron chi connectivity index (χ3n) is 3.65. The lowest BCUT2D eigenvalue weighted by molar-refractivity contribution is -0.122. The molecule has 1 aromatic carbocycles. The molecule has 1 amide bonds. The molecule has 20 heavy (non-hydrogen) atoms. The van der Waals surface area contributed by atoms with Crippen LogP contribution in [0.4, 0.5) is 5.69 Å². The van der Waals surface area contributed by atoms with E-state index in [9.17, 15) is 4.79 Å². The summed E-state index contributed by atoms with van der Waals surface area (Å²) in [7, 11) is 0. The molecule has 1 N–H and O–H groups in total. The predicted molar refractivity (Wildman–Crippen MR) is 82.3 cm³/mol. The van der Waals surface area contributed by atoms with Crippen LogP contribution in [0.25, 0.3) is 0 Å². The summed E-state index contributed by atoms with van der Waals surface area (Å²) in [6, 6.07) is 9.38. The van der Waals surface area contributed by atoms with Crippen molar-refractivity contribution in [1.82, 2.24) is 5.32 Å². The van der Waals surface area contributed by atoms with Crippen LogP contribution in [0.2, 0.25) is 0 Å². The van der Waals surface area contributed by atoms with Crippen molar-refractivity contribution in [3.63, 3.8) is 0 Å². The van der Waals surface area contributed by atoms with Gasteiger partial charge in [0.2, 0.25) is 5.91 Å². The Labute approximate surface area is 127 Å². The van der Waals surface area contributed by atoms with Gasteiger partial charge in [-0.1, -0.05) is 28.9 Å². The molecule has 1 saturated heterocycles. The molecule has 1 aliphatic heterocycles. The maximum absolute atomic E-state index is 12.7. The van der Waals surface area contributed by atoms with Crippen LogP contribution in [-0.4, -0.2) is 25.0 Å². The monoisotopic (exact) mass is 335 g/mol. The molecule has 0 unspecified atom stereocenters. The van der Waals surface area contributed by atoms with Gasteiger partial charge in [0.05, 0.1) is 12.1 Å². The van der Waals surface area contributed by atoms with E-state index < -0.39 is 0 Å². The van der Waals surface area contributed by atoms with Gasteiger partial charge in [0, 0.05) is 10.2 Å². The summed E-state index contributed by atoms with van der Waals surface area (Å²) in [6.45, 7) is 3.01. The number of amides is 1. The van der Waals surface area contributed by atoms with Gasteiger partial charge in [-0.2, -0.15) is 5.26 Å². The van der Waals surface area contributed by atoms with E-state index in [1.807, 2.05) is 24.3 Å². The number of anilines is 1. The number of carbonyl (C=O) groups excluding carboxylic acids is 1. The Hall–Kier alpha value is -1.38. The van der Waals surface area contributed by atoms with Crippen molar-refractivity contribution in [3.05, 3.63) is 28.7 Å². The number of rotatable bonds is 3. The largest absolute Gasteiger partial charge is 0.306 e. The van der Waals surface area contributed by atoms with Crippen LogP contribution >= 0.6 is 15.9 Å². The standard InChI is InChI=1S/C15H18BrN3O/c1-11-4-3-8-18-14(11)15(20)19(9-7-17)13-6-2-5-12(16)10-13/h2,5-6,10-11,14,18H,3-4,8-9H2,1H3/t11-,14+/m0/s1. The van der Waals surface area contributed by atoms with E-state index in [0.29, 0.717) is 5.92 Å². The minimum Gasteiger partial charge on any atom is -0.306 e. The van der Waals surface area contributed by atoms with Crippen LogP contribution < -0.4 is 10.2 Å². The van der Waals surface area contributed by atoms with Gasteiger partial charge < -0.3 is 5.32 Å². The average molecular weight is 336 g/mol. The van der Waals surface area contributed by atoms with Crippen LogP contribution in [0.1, 0.15) is 19.8 Å². The normalized spacial score (nSPS) is 22.1. The molecule has 0 spiro atoms. The number of benzene rings is 1. The number of hydrogen-bond donors (Lipinski definition) is 1. The van der Waals surface area contributed by atoms with Crippen molar-refractivity contribution < 1.29 is 4.79 Å². The van der Waals surface area contributed by atoms with Gasteiger partial charge in [0.15, 0.2) is 0 Å². The first kappa shape index (κ1) is 15.0. The fourth-order valence-corrected chi connectivity index (χ4v) is 2.95. The maximum atomic E-state index is 12.7. The Morgan fingerprint density at radius 3 is 3.05 bits per heavy atom. The van der Waals surface area contributed by atoms with E-state index in [1.165, 1.54) is 0 Å². The molecule has 1 aliphatic rings. The zero-order valence-corrected chi connectivity index (χ0v) is 13.1. The molecule has 1 fully saturated rings. The second-order valence-electron chi connectivity index (χ2n) is 5.11. The second-order valence-corrected chi connectivity index (χ2v) is 6.03. The lowest BCUT2D eigenvalue weighted by Crippen LogP contribution is -2.52. The third-order valence-corrected chi connectivity index (χ3v) is 4.14. The quantitative estimate of drug-likeness (QED) is 0.864. The first-order valence-electron chi connectivity index (χ1n) is 6.80. The molecule has 0 radical (unpaired) electrons. The number of nitrogens with zero attached hydrogens (tertiary/aromatic N) is 2. The van der Waals surface area contributed by atoms with E-state index in [4.69, 9.17) is 5.26 Å². The molecule has 1 heterocycles. The van der Waals surface area contributed by atoms with Crippen molar-refractivity contribution in [2.24, 2.45) is 5.92 Å². The Morgan fingerprint density at radius 2 is 2.40 bits per heavy atom. The summed E-state index contributed by atoms with van der Waals surface area (Å²) in [5, 5.41) is 12.3. The summed E-state index contributed by atoms with van der Waals surface area (Å²) in [5.41, 5.74) is 0.755. The molecule has 0 aliphatic carbocycles. The van der Waals surface area contributed by atoms with Crippen molar-refractivity contribution >= 4 is 27.5 Å². The summed E-state index contributed by atoms with van der Waals surface area (Å²) in [5.74, 6) is 0.279. The molecule has 5 heteroatoms. The number of carbonyl (C=O) groups is 1. The molecule has 0 saturated carbocycles. The van der Waals surface area contributed by atoms with Gasteiger partial charge in [0.1, 0.15) is 6.54 Å². The van der Waals surface area contributed by atoms with Gasteiger partial charge in [-0.05, 0) is 43.5 Å². The van der Waals surface area contributed by atoms with E-state index in [1.54, 1.807) is 4.90 Å². The topological polar surface area (TPSA) is 56.1 Å². The molecule has 2 rings (SSSR count). The van der Waals surface area contributed by atoms with Crippen molar-refractivity contribution in [1.29, 1.82) is 5.26 Å². The fraction of sp³-hybridized carbons (Fsp3) is 0.467. The van der Waals surface area contributed by atoms with E-state index in [0.717, 1.165) is 29.5 Å². The number of hydrogen-bond acceptors (Lipinski definition) is 3. The summed E-state index contributed by atoms with van der Waals surface area (Å²) < 4.78 is 0.899. The Bertz CT molecular complexity index is 526. The molecule has 0 aromatic heterocycles. The molecule has 106 valence electrons. The van der Waals surface area contributed by atoms with Crippen molar-refractivity contribution in [2.45, 2.75) is 25.8 Å². The minimum absolute atomic E-state index is 0.0168. The third kappa shape index (κ3) is 3.38. The van der Waals surface area contributed by atoms with Crippen LogP contribution in [0.3, 0.4) is 0 Å². The van der Waals surface area contributed by atoms with Crippen LogP contribution in [0.5, 0.6) is 0 Å². The Balaban J connectivity index is 2.24. The van der Waals surface area contributed by atoms with Gasteiger partial charge >= 0.3 is 0 Å². The first-order chi connectivity index (χ1) is 9.63. The first-order valence-corrected chi connectivity index (χ1v) is 7.60. The molecule has 0 bridgehead atoms. The highest BCUT2D eigenvalue weighted by molar-refractivity contribution is 9.10. The zero-order valence-electron chi connectivity index (χ0n) is 11.5. The SMILES string of the molecule is C[C@H]1CCCN[C@H]1C(=O)N(CC#N)c1cccc(Br)c1. The zero-order chi connectivity index (χ0) is 14.5. The fourth-order valence-electron chi connectivity index (χ4n) is 2.56. The lowest BCUT2D eigenvalue weighted by atomic mass is 9.91. The van der Waals surface area contributed by atoms with Crippen LogP contribution in [-0.2, 0) is 4.79 Å². The van der Waals surface area contributed by atoms with Crippen molar-refractivity contribution in [2.75, 3.05) is 18.0 Å². The summed E-state index contributed by atoms with van der Waals surface area (Å²) in [6.07, 6.45) is 2.14. The number of nitriles is 1. The summed E-state index contributed by atoms with van der Waals surface area (Å²) >= 11 is 3.40. The van der Waals surface area contributed by atoms with Gasteiger partial charge in [-0.3, -0.25) is 9.69 Å². The van der Waals surface area contributed by atoms with Crippen molar-refractivity contribution in [3.8, 4) is 6.07 Å². The predicted octanol–water partition coefficient (Wildman–Crippen LogP) is 2.69. The maximum Gasteiger partial charge on any atom is 0.245 e. The second kappa shape index (κ2) is 6.87. The van der Waals surface area contributed by atoms with Gasteiger partial charge in [-0.15, -0.1) is 0 Å². The highest BCUT2D eigenvalue weighted by Gasteiger charge is 2.31. The van der Waals surface area contributed by atoms with Crippen LogP contribution in [0, 0.1) is 17.2 Å². The molecule has 1 aromatic rings. The molecule has 4 nitrogen and oxygen atoms in total. The van der Waals surface area contributed by atoms with E-state index in [2.05, 4.69) is 34.2 Å².